The summed E-state index contributed by atoms with van der Waals surface area (Å²) in [5.74, 6) is -15.1. The number of hydrogen-bond donors (Lipinski definition) is 1. The molecule has 0 aliphatic carbocycles. The van der Waals surface area contributed by atoms with Crippen molar-refractivity contribution in [3.8, 4) is 0 Å². The quantitative estimate of drug-likeness (QED) is 0.0281. The monoisotopic (exact) mass is 2020 g/mol. The van der Waals surface area contributed by atoms with Gasteiger partial charge >= 0.3 is 77.6 Å². The van der Waals surface area contributed by atoms with Crippen LogP contribution in [0.4, 0.5) is 0 Å². The summed E-state index contributed by atoms with van der Waals surface area (Å²) >= 11 is 0. The van der Waals surface area contributed by atoms with E-state index >= 15 is 43.2 Å². The van der Waals surface area contributed by atoms with Gasteiger partial charge < -0.3 is 99.8 Å². The fourth-order valence-corrected chi connectivity index (χ4v) is 16.7. The van der Waals surface area contributed by atoms with Gasteiger partial charge in [-0.25, -0.2) is 62.3 Å². The summed E-state index contributed by atoms with van der Waals surface area (Å²) in [6, 6.07) is 95.1. The first kappa shape index (κ1) is 103. The summed E-state index contributed by atoms with van der Waals surface area (Å²) in [5, 5.41) is 13.3. The molecule has 34 heteroatoms. The van der Waals surface area contributed by atoms with E-state index in [4.69, 9.17) is 94.7 Å². The zero-order valence-electron chi connectivity index (χ0n) is 78.8. The Hall–Kier alpha value is -17.4. The second-order valence-electron chi connectivity index (χ2n) is 34.0. The van der Waals surface area contributed by atoms with E-state index in [0.29, 0.717) is 0 Å². The smallest absolute Gasteiger partial charge is 0.338 e. The molecule has 0 aromatic heterocycles. The van der Waals surface area contributed by atoms with Crippen molar-refractivity contribution in [2.45, 2.75) is 123 Å². The van der Waals surface area contributed by atoms with Gasteiger partial charge in [-0.1, -0.05) is 237 Å². The van der Waals surface area contributed by atoms with E-state index in [0.717, 1.165) is 0 Å². The van der Waals surface area contributed by atoms with Gasteiger partial charge in [0.2, 0.25) is 0 Å². The van der Waals surface area contributed by atoms with Gasteiger partial charge in [0.1, 0.15) is 56.9 Å². The van der Waals surface area contributed by atoms with Crippen molar-refractivity contribution in [2.24, 2.45) is 0 Å². The Bertz CT molecular complexity index is 6720. The fraction of sp³-hybridized carbons (Fsp3) is 0.209. The maximum absolute atomic E-state index is 16.2. The molecule has 13 aromatic rings. The summed E-state index contributed by atoms with van der Waals surface area (Å²) in [6.07, 6.45) is -47.0. The molecule has 34 nitrogen and oxygen atoms in total. The summed E-state index contributed by atoms with van der Waals surface area (Å²) in [5.41, 5.74) is -1.81. The molecule has 0 saturated carbocycles. The first-order chi connectivity index (χ1) is 72.7. The third kappa shape index (κ3) is 26.3. The highest BCUT2D eigenvalue weighted by molar-refractivity contribution is 5.96. The number of esters is 13. The average molecular weight is 2020 g/mol. The molecule has 13 aromatic carbocycles. The third-order valence-electron chi connectivity index (χ3n) is 24.1. The van der Waals surface area contributed by atoms with Crippen LogP contribution in [0.15, 0.2) is 394 Å². The Labute approximate surface area is 851 Å². The predicted octanol–water partition coefficient (Wildman–Crippen LogP) is 14.5. The summed E-state index contributed by atoms with van der Waals surface area (Å²) in [6.45, 7) is -4.09. The number of rotatable bonds is 36. The van der Waals surface area contributed by atoms with Crippen molar-refractivity contribution in [3.05, 3.63) is 467 Å². The van der Waals surface area contributed by atoms with Crippen LogP contribution in [-0.2, 0) is 94.7 Å². The van der Waals surface area contributed by atoms with Gasteiger partial charge in [0, 0.05) is 0 Å². The molecule has 0 bridgehead atoms. The lowest BCUT2D eigenvalue weighted by Crippen LogP contribution is -2.70. The van der Waals surface area contributed by atoms with Crippen LogP contribution in [0.1, 0.15) is 135 Å². The van der Waals surface area contributed by atoms with Crippen LogP contribution >= 0.6 is 0 Å². The zero-order valence-corrected chi connectivity index (χ0v) is 78.8. The molecular weight excluding hydrogens is 1930 g/mol. The van der Waals surface area contributed by atoms with E-state index in [9.17, 15) is 24.3 Å². The van der Waals surface area contributed by atoms with Crippen molar-refractivity contribution in [3.63, 3.8) is 0 Å². The van der Waals surface area contributed by atoms with Gasteiger partial charge in [-0.3, -0.25) is 0 Å². The molecule has 20 atom stereocenters. The molecule has 4 aliphatic heterocycles. The Morgan fingerprint density at radius 1 is 0.161 bits per heavy atom. The summed E-state index contributed by atoms with van der Waals surface area (Å²) in [4.78, 5) is 199. The number of carbonyl (C=O) groups is 13. The molecule has 4 fully saturated rings. The average Bonchev–Trinajstić information content (AvgIpc) is 0.749. The van der Waals surface area contributed by atoms with Gasteiger partial charge in [0.25, 0.3) is 0 Å². The van der Waals surface area contributed by atoms with Gasteiger partial charge in [0.15, 0.2) is 92.3 Å². The Morgan fingerprint density at radius 3 is 0.517 bits per heavy atom. The minimum absolute atomic E-state index is 0.0194. The Morgan fingerprint density at radius 2 is 0.302 bits per heavy atom. The number of hydrogen-bond acceptors (Lipinski definition) is 34. The number of ether oxygens (including phenoxy) is 20. The van der Waals surface area contributed by atoms with Crippen molar-refractivity contribution < 1.29 is 162 Å². The normalized spacial score (nSPS) is 23.2. The maximum atomic E-state index is 16.2. The second-order valence-corrected chi connectivity index (χ2v) is 34.0. The number of benzene rings is 13. The molecular formula is C115H94O34. The minimum atomic E-state index is -2.69. The lowest BCUT2D eigenvalue weighted by atomic mass is 9.94. The van der Waals surface area contributed by atoms with Crippen LogP contribution in [0.5, 0.6) is 0 Å². The Kier molecular flexibility index (Phi) is 34.6. The second kappa shape index (κ2) is 50.0. The highest BCUT2D eigenvalue weighted by Gasteiger charge is 2.63. The molecule has 0 amide bonds. The molecule has 0 spiro atoms. The molecule has 4 heterocycles. The highest BCUT2D eigenvalue weighted by atomic mass is 16.8. The molecule has 0 radical (unpaired) electrons. The van der Waals surface area contributed by atoms with Gasteiger partial charge in [-0.05, 0) is 158 Å². The largest absolute Gasteiger partial charge is 0.459 e. The van der Waals surface area contributed by atoms with Crippen molar-refractivity contribution in [2.75, 3.05) is 26.4 Å². The van der Waals surface area contributed by atoms with Crippen molar-refractivity contribution in [1.29, 1.82) is 0 Å². The van der Waals surface area contributed by atoms with Crippen LogP contribution < -0.4 is 0 Å². The SMILES string of the molecule is O=C(OC[C@H]1O[C@H](O[C@@H]2[C@H](OC(=O)c3ccccc3)[C@@H](O[C@@H]3[C@@H](O[C@H]4[C@@H](OC(=O)c5ccccc5)[C@H](OC(=O)c5ccccc5)[C@@H](COC(=O)c5ccccc5)O[C@@H]4O)O[C@H](COC(=O)c4ccccc4)[C@@H](OC(=O)c4ccccc4)[C@@H]3OC(=O)c3ccccc3)O[C@H](COC(=O)c3ccccc3)[C@H]2OC(=O)c2ccccc2)[C@@H](OC(=O)c2ccccc2)[C@@H](OC(=O)c2ccccc2)[C@@H]1OC(=O)c1ccccc1)c1ccccc1. The molecule has 1 N–H and O–H groups in total. The van der Waals surface area contributed by atoms with Crippen LogP contribution in [0.2, 0.25) is 0 Å². The first-order valence-corrected chi connectivity index (χ1v) is 47.2. The van der Waals surface area contributed by atoms with Crippen molar-refractivity contribution >= 4 is 77.6 Å². The molecule has 149 heavy (non-hydrogen) atoms. The molecule has 0 unspecified atom stereocenters. The minimum Gasteiger partial charge on any atom is -0.459 e. The standard InChI is InChI=1S/C115H94O34/c116-99(70-40-14-1-15-41-70)130-66-83-87(138-103(120)74-48-22-5-23-49-74)91(142-107(124)78-56-30-9-31-57-78)95(112(129)134-83)148-115-98(93(144-109(126)80-60-34-11-35-61-80)89(140-105(122)76-52-26-7-27-53-76)85(137-115)68-132-101(118)72-44-18-3-19-45-72)149-114-97(146-111(128)82-64-38-13-39-65-82)94(90(141-106(123)77-54-28-8-29-55-77)86(136-114)69-133-102(119)73-46-20-4-21-47-73)147-113-96(145-110(127)81-62-36-12-37-63-81)92(143-108(125)79-58-32-10-33-59-79)88(139-104(121)75-50-24-6-25-51-75)84(135-113)67-131-100(117)71-42-16-2-17-43-71/h1-65,83-98,112-115,129H,66-69H2/t83-,84-,85-,86-,87-,88-,89-,90-,91+,92+,93+,94+,95+,96+,97+,98+,112+,113-,114-,115-/m1/s1. The number of aliphatic hydroxyl groups excluding tert-OH is 1. The van der Waals surface area contributed by atoms with E-state index in [1.54, 1.807) is 91.0 Å². The molecule has 4 saturated heterocycles. The van der Waals surface area contributed by atoms with E-state index in [1.807, 2.05) is 0 Å². The summed E-state index contributed by atoms with van der Waals surface area (Å²) < 4.78 is 134. The third-order valence-corrected chi connectivity index (χ3v) is 24.1. The first-order valence-electron chi connectivity index (χ1n) is 47.2. The fourth-order valence-electron chi connectivity index (χ4n) is 16.7. The Balaban J connectivity index is 0.896. The molecule has 4 aliphatic rings. The summed E-state index contributed by atoms with van der Waals surface area (Å²) in [7, 11) is 0. The number of carbonyl (C=O) groups excluding carboxylic acids is 13. The van der Waals surface area contributed by atoms with Crippen LogP contribution in [-0.4, -0.2) is 232 Å². The molecule has 758 valence electrons. The van der Waals surface area contributed by atoms with E-state index in [-0.39, 0.29) is 72.3 Å². The zero-order chi connectivity index (χ0) is 103. The van der Waals surface area contributed by atoms with Gasteiger partial charge in [-0.2, -0.15) is 0 Å². The van der Waals surface area contributed by atoms with E-state index in [2.05, 4.69) is 0 Å². The topological polar surface area (TPSA) is 427 Å². The van der Waals surface area contributed by atoms with E-state index in [1.165, 1.54) is 303 Å². The lowest BCUT2D eigenvalue weighted by molar-refractivity contribution is -0.396. The maximum Gasteiger partial charge on any atom is 0.338 e. The molecule has 17 rings (SSSR count). The lowest BCUT2D eigenvalue weighted by Gasteiger charge is -2.51. The van der Waals surface area contributed by atoms with Gasteiger partial charge in [-0.15, -0.1) is 0 Å². The van der Waals surface area contributed by atoms with Crippen LogP contribution in [0.3, 0.4) is 0 Å². The van der Waals surface area contributed by atoms with Crippen molar-refractivity contribution in [1.82, 2.24) is 0 Å². The van der Waals surface area contributed by atoms with E-state index < -0.39 is 227 Å². The van der Waals surface area contributed by atoms with Gasteiger partial charge in [0.05, 0.1) is 72.3 Å². The van der Waals surface area contributed by atoms with Crippen LogP contribution in [0.25, 0.3) is 0 Å². The van der Waals surface area contributed by atoms with Crippen LogP contribution in [0, 0.1) is 0 Å². The highest BCUT2D eigenvalue weighted by Crippen LogP contribution is 2.43. The predicted molar refractivity (Wildman–Crippen MR) is 519 cm³/mol. The number of aliphatic hydroxyl groups is 1.